The summed E-state index contributed by atoms with van der Waals surface area (Å²) in [4.78, 5) is 9.17. The minimum absolute atomic E-state index is 0.872. The van der Waals surface area contributed by atoms with Crippen LogP contribution in [0.2, 0.25) is 0 Å². The van der Waals surface area contributed by atoms with Gasteiger partial charge >= 0.3 is 166 Å². The monoisotopic (exact) mass is 394 g/mol. The SMILES string of the molecule is c1ccc(Cc2ccn[c]([Ni][c]3ccccn3)c2Cc2ccccc2)cc1. The van der Waals surface area contributed by atoms with Crippen LogP contribution >= 0.6 is 0 Å². The van der Waals surface area contributed by atoms with Crippen molar-refractivity contribution in [2.24, 2.45) is 0 Å². The molecule has 3 heteroatoms. The Morgan fingerprint density at radius 1 is 0.593 bits per heavy atom. The molecule has 0 N–H and O–H groups in total. The Bertz CT molecular complexity index is 927. The van der Waals surface area contributed by atoms with Crippen molar-refractivity contribution in [2.75, 3.05) is 0 Å². The van der Waals surface area contributed by atoms with Gasteiger partial charge in [0.1, 0.15) is 0 Å². The normalized spacial score (nSPS) is 10.8. The first-order valence-corrected chi connectivity index (χ1v) is 9.91. The quantitative estimate of drug-likeness (QED) is 0.466. The molecular weight excluding hydrogens is 375 g/mol. The first-order valence-electron chi connectivity index (χ1n) is 8.93. The summed E-state index contributed by atoms with van der Waals surface area (Å²) in [6, 6.07) is 29.4. The molecule has 4 aromatic rings. The second kappa shape index (κ2) is 8.75. The molecule has 0 atom stereocenters. The average molecular weight is 395 g/mol. The molecule has 0 saturated heterocycles. The van der Waals surface area contributed by atoms with Gasteiger partial charge in [0.05, 0.1) is 0 Å². The van der Waals surface area contributed by atoms with E-state index in [2.05, 4.69) is 71.7 Å². The second-order valence-electron chi connectivity index (χ2n) is 6.23. The summed E-state index contributed by atoms with van der Waals surface area (Å²) in [7, 11) is 0. The second-order valence-corrected chi connectivity index (χ2v) is 7.46. The van der Waals surface area contributed by atoms with E-state index in [9.17, 15) is 0 Å². The maximum atomic E-state index is 4.70. The fourth-order valence-corrected chi connectivity index (χ4v) is 4.06. The van der Waals surface area contributed by atoms with Crippen molar-refractivity contribution < 1.29 is 14.4 Å². The molecule has 0 bridgehead atoms. The third-order valence-corrected chi connectivity index (χ3v) is 5.51. The van der Waals surface area contributed by atoms with Crippen molar-refractivity contribution in [3.8, 4) is 0 Å². The third-order valence-electron chi connectivity index (χ3n) is 4.30. The molecule has 2 aromatic carbocycles. The average Bonchev–Trinajstić information content (AvgIpc) is 2.73. The maximum absolute atomic E-state index is 4.70. The Hall–Kier alpha value is -2.77. The van der Waals surface area contributed by atoms with Crippen LogP contribution in [0, 0.1) is 0 Å². The summed E-state index contributed by atoms with van der Waals surface area (Å²) < 4.78 is 2.04. The first-order chi connectivity index (χ1) is 13.4. The number of hydrogen-bond donors (Lipinski definition) is 0. The Morgan fingerprint density at radius 2 is 1.26 bits per heavy atom. The van der Waals surface area contributed by atoms with Crippen LogP contribution in [0.15, 0.2) is 97.3 Å². The van der Waals surface area contributed by atoms with Gasteiger partial charge in [0.25, 0.3) is 0 Å². The Labute approximate surface area is 166 Å². The molecule has 2 heterocycles. The van der Waals surface area contributed by atoms with Gasteiger partial charge in [-0.25, -0.2) is 0 Å². The van der Waals surface area contributed by atoms with E-state index in [1.807, 2.05) is 30.6 Å². The van der Waals surface area contributed by atoms with Crippen LogP contribution in [0.5, 0.6) is 0 Å². The summed E-state index contributed by atoms with van der Waals surface area (Å²) in [5, 5.41) is 0. The number of aromatic nitrogens is 2. The topological polar surface area (TPSA) is 25.8 Å². The van der Waals surface area contributed by atoms with Crippen LogP contribution in [0.1, 0.15) is 22.3 Å². The van der Waals surface area contributed by atoms with Crippen LogP contribution in [0.3, 0.4) is 0 Å². The van der Waals surface area contributed by atoms with E-state index >= 15 is 0 Å². The van der Waals surface area contributed by atoms with Crippen molar-refractivity contribution in [1.29, 1.82) is 0 Å². The summed E-state index contributed by atoms with van der Waals surface area (Å²) in [6.07, 6.45) is 5.53. The third kappa shape index (κ3) is 4.70. The molecule has 0 unspecified atom stereocenters. The zero-order valence-electron chi connectivity index (χ0n) is 14.9. The van der Waals surface area contributed by atoms with Gasteiger partial charge in [-0.05, 0) is 0 Å². The molecule has 0 aliphatic carbocycles. The first kappa shape index (κ1) is 17.6. The fraction of sp³-hybridized carbons (Fsp3) is 0.0833. The molecule has 0 saturated carbocycles. The molecule has 136 valence electrons. The molecule has 0 aliphatic rings. The van der Waals surface area contributed by atoms with E-state index in [1.54, 1.807) is 0 Å². The molecule has 0 amide bonds. The number of nitrogens with zero attached hydrogens (tertiary/aromatic N) is 2. The van der Waals surface area contributed by atoms with Crippen molar-refractivity contribution >= 4 is 9.33 Å². The van der Waals surface area contributed by atoms with Gasteiger partial charge in [-0.2, -0.15) is 0 Å². The molecule has 4 rings (SSSR count). The summed E-state index contributed by atoms with van der Waals surface area (Å²) in [5.74, 6) is 0. The molecular formula is C24H20N2Ni. The van der Waals surface area contributed by atoms with Crippen LogP contribution < -0.4 is 9.33 Å². The minimum atomic E-state index is 0.872. The summed E-state index contributed by atoms with van der Waals surface area (Å²) in [6.45, 7) is 0. The zero-order valence-corrected chi connectivity index (χ0v) is 15.9. The summed E-state index contributed by atoms with van der Waals surface area (Å²) in [5.41, 5.74) is 5.22. The Balaban J connectivity index is 1.72. The number of pyridine rings is 2. The number of rotatable bonds is 6. The van der Waals surface area contributed by atoms with Gasteiger partial charge in [0, 0.05) is 0 Å². The van der Waals surface area contributed by atoms with Crippen LogP contribution in [0.4, 0.5) is 0 Å². The van der Waals surface area contributed by atoms with E-state index in [0.717, 1.165) is 22.2 Å². The van der Waals surface area contributed by atoms with Crippen molar-refractivity contribution in [3.63, 3.8) is 0 Å². The predicted molar refractivity (Wildman–Crippen MR) is 106 cm³/mol. The molecule has 0 radical (unpaired) electrons. The van der Waals surface area contributed by atoms with Crippen LogP contribution in [-0.4, -0.2) is 9.97 Å². The van der Waals surface area contributed by atoms with Gasteiger partial charge < -0.3 is 0 Å². The molecule has 27 heavy (non-hydrogen) atoms. The van der Waals surface area contributed by atoms with E-state index in [-0.39, 0.29) is 0 Å². The predicted octanol–water partition coefficient (Wildman–Crippen LogP) is 3.69. The van der Waals surface area contributed by atoms with Gasteiger partial charge in [0.15, 0.2) is 0 Å². The standard InChI is InChI=1S/C19H16N.C5H4N.Ni/c1-3-7-16(8-4-1)13-18-11-12-20-15-19(18)14-17-9-5-2-6-10-17;1-2-4-6-5-3-1;/h1-12H,13-14H2;1-4H;. The molecule has 2 nitrogen and oxygen atoms in total. The Kier molecular flexibility index (Phi) is 5.71. The van der Waals surface area contributed by atoms with Crippen molar-refractivity contribution in [1.82, 2.24) is 9.97 Å². The van der Waals surface area contributed by atoms with Gasteiger partial charge in [0.2, 0.25) is 0 Å². The molecule has 2 aromatic heterocycles. The van der Waals surface area contributed by atoms with Gasteiger partial charge in [-0.3, -0.25) is 0 Å². The van der Waals surface area contributed by atoms with E-state index in [0.29, 0.717) is 0 Å². The number of benzene rings is 2. The van der Waals surface area contributed by atoms with Crippen molar-refractivity contribution in [3.05, 3.63) is 120 Å². The zero-order chi connectivity index (χ0) is 18.3. The van der Waals surface area contributed by atoms with Gasteiger partial charge in [-0.15, -0.1) is 0 Å². The molecule has 0 aliphatic heterocycles. The van der Waals surface area contributed by atoms with E-state index in [1.165, 1.54) is 36.7 Å². The Morgan fingerprint density at radius 3 is 1.93 bits per heavy atom. The van der Waals surface area contributed by atoms with Crippen LogP contribution in [0.25, 0.3) is 0 Å². The molecule has 0 spiro atoms. The molecule has 0 fully saturated rings. The van der Waals surface area contributed by atoms with E-state index < -0.39 is 0 Å². The summed E-state index contributed by atoms with van der Waals surface area (Å²) >= 11 is 1.42. The number of hydrogen-bond acceptors (Lipinski definition) is 2. The van der Waals surface area contributed by atoms with Crippen molar-refractivity contribution in [2.45, 2.75) is 12.8 Å². The van der Waals surface area contributed by atoms with Crippen LogP contribution in [-0.2, 0) is 27.3 Å². The van der Waals surface area contributed by atoms with E-state index in [4.69, 9.17) is 4.98 Å². The fourth-order valence-electron chi connectivity index (χ4n) is 2.97. The van der Waals surface area contributed by atoms with Gasteiger partial charge in [-0.1, -0.05) is 0 Å².